The number of nitrogens with two attached hydrogens (primary N) is 1. The maximum atomic E-state index is 14.2. The Bertz CT molecular complexity index is 2890. The number of aromatic nitrogens is 2. The van der Waals surface area contributed by atoms with E-state index in [1.165, 1.54) is 38.4 Å². The van der Waals surface area contributed by atoms with Crippen LogP contribution in [0.2, 0.25) is 0 Å². The van der Waals surface area contributed by atoms with Gasteiger partial charge in [0, 0.05) is 80.5 Å². The number of benzene rings is 4. The van der Waals surface area contributed by atoms with Gasteiger partial charge in [0.15, 0.2) is 0 Å². The molecule has 350 valence electrons. The number of nitrogens with zero attached hydrogens (tertiary/aromatic N) is 5. The molecule has 6 aromatic rings. The van der Waals surface area contributed by atoms with Gasteiger partial charge in [0.1, 0.15) is 18.1 Å². The van der Waals surface area contributed by atoms with Crippen LogP contribution in [0.1, 0.15) is 50.7 Å². The van der Waals surface area contributed by atoms with E-state index < -0.39 is 23.5 Å². The van der Waals surface area contributed by atoms with E-state index in [-0.39, 0.29) is 58.6 Å². The van der Waals surface area contributed by atoms with Crippen molar-refractivity contribution in [3.63, 3.8) is 0 Å². The highest BCUT2D eigenvalue weighted by atomic mass is 79.9. The van der Waals surface area contributed by atoms with Crippen molar-refractivity contribution >= 4 is 117 Å². The summed E-state index contributed by atoms with van der Waals surface area (Å²) in [7, 11) is 0. The predicted molar refractivity (Wildman–Crippen MR) is 256 cm³/mol. The number of nitrogen functional groups attached to an aromatic ring is 1. The van der Waals surface area contributed by atoms with Crippen molar-refractivity contribution in [2.45, 2.75) is 51.9 Å². The molecular formula is C48H44Br2F6N8O3. The molecule has 0 atom stereocenters. The molecule has 4 aromatic carbocycles. The molecule has 0 spiro atoms. The Morgan fingerprint density at radius 1 is 0.701 bits per heavy atom. The van der Waals surface area contributed by atoms with Crippen LogP contribution >= 0.6 is 31.9 Å². The number of nitrogens with one attached hydrogen (secondary N) is 2. The molecule has 0 saturated carbocycles. The summed E-state index contributed by atoms with van der Waals surface area (Å²) in [5, 5.41) is 7.24. The molecule has 2 aromatic heterocycles. The molecule has 9 rings (SSSR count). The number of piperidine rings is 2. The molecule has 0 unspecified atom stereocenters. The highest BCUT2D eigenvalue weighted by molar-refractivity contribution is 9.10. The standard InChI is InChI=1S/C25H22BrF3N4O2.C23H22BrF3N4O/c1-14(34)15-6-8-32(9-7-15)22-5-3-17(11-19(22)25(27,28)29)33-13-23(35)31-21-12-30-20-4-2-16(26)10-18(20)24(21)33;1-13(32)14-6-8-31(9-7-14)21-5-3-16(11-18(21)23(25,26)27)30-22-17-10-15(24)2-4-20(17)29-12-19(22)28/h2-5,10-12,15H,6-9,13H2,1H3,(H,31,35);2-5,10-12,14H,6-9,28H2,1H3,(H,29,30). The second kappa shape index (κ2) is 19.0. The van der Waals surface area contributed by atoms with Crippen LogP contribution in [0.3, 0.4) is 0 Å². The van der Waals surface area contributed by atoms with Crippen LogP contribution in [0.15, 0.2) is 94.1 Å². The first kappa shape index (κ1) is 47.5. The number of carbonyl (C=O) groups is 3. The zero-order valence-corrected chi connectivity index (χ0v) is 39.3. The zero-order valence-electron chi connectivity index (χ0n) is 36.2. The maximum absolute atomic E-state index is 14.2. The summed E-state index contributed by atoms with van der Waals surface area (Å²) in [5.74, 6) is -0.355. The quantitative estimate of drug-likeness (QED) is 0.133. The van der Waals surface area contributed by atoms with Gasteiger partial charge in [0.25, 0.3) is 0 Å². The molecule has 5 heterocycles. The smallest absolute Gasteiger partial charge is 0.396 e. The van der Waals surface area contributed by atoms with Gasteiger partial charge in [0.2, 0.25) is 5.91 Å². The zero-order chi connectivity index (χ0) is 47.9. The average molecular weight is 1050 g/mol. The van der Waals surface area contributed by atoms with Crippen LogP contribution in [0.25, 0.3) is 21.8 Å². The lowest BCUT2D eigenvalue weighted by molar-refractivity contribution is -0.138. The first-order chi connectivity index (χ1) is 31.7. The van der Waals surface area contributed by atoms with Gasteiger partial charge in [0.05, 0.1) is 57.3 Å². The summed E-state index contributed by atoms with van der Waals surface area (Å²) in [6.45, 7) is 4.53. The molecule has 3 aliphatic heterocycles. The van der Waals surface area contributed by atoms with Crippen molar-refractivity contribution in [2.24, 2.45) is 11.8 Å². The Balaban J connectivity index is 0.000000182. The van der Waals surface area contributed by atoms with Gasteiger partial charge >= 0.3 is 12.4 Å². The van der Waals surface area contributed by atoms with Gasteiger partial charge < -0.3 is 31.1 Å². The number of rotatable bonds is 7. The number of carbonyl (C=O) groups excluding carboxylic acids is 3. The van der Waals surface area contributed by atoms with Gasteiger partial charge in [-0.25, -0.2) is 0 Å². The SMILES string of the molecule is CC(=O)C1CCN(c2ccc(N3CC(=O)Nc4cnc5ccc(Br)cc5c43)cc2C(F)(F)F)CC1.CC(=O)C1CCN(c2ccc(Nc3c(N)cnc4ccc(Br)cc34)cc2C(F)(F)F)CC1. The second-order valence-electron chi connectivity index (χ2n) is 16.9. The molecule has 67 heavy (non-hydrogen) atoms. The lowest BCUT2D eigenvalue weighted by Gasteiger charge is -2.36. The Labute approximate surface area is 398 Å². The maximum Gasteiger partial charge on any atom is 0.418 e. The Morgan fingerprint density at radius 3 is 1.76 bits per heavy atom. The van der Waals surface area contributed by atoms with E-state index in [0.717, 1.165) is 21.1 Å². The van der Waals surface area contributed by atoms with Crippen molar-refractivity contribution in [3.05, 3.63) is 105 Å². The lowest BCUT2D eigenvalue weighted by Crippen LogP contribution is -2.37. The first-order valence-corrected chi connectivity index (χ1v) is 23.0. The Hall–Kier alpha value is -5.95. The number of fused-ring (bicyclic) bond motifs is 4. The number of Topliss-reactive ketones (excluding diaryl/α,β-unsaturated/α-hetero) is 2. The third-order valence-electron chi connectivity index (χ3n) is 12.5. The van der Waals surface area contributed by atoms with E-state index in [4.69, 9.17) is 5.73 Å². The van der Waals surface area contributed by atoms with Crippen LogP contribution in [0, 0.1) is 11.8 Å². The highest BCUT2D eigenvalue weighted by Gasteiger charge is 2.39. The molecule has 11 nitrogen and oxygen atoms in total. The van der Waals surface area contributed by atoms with E-state index in [1.54, 1.807) is 32.9 Å². The van der Waals surface area contributed by atoms with Crippen molar-refractivity contribution in [2.75, 3.05) is 63.8 Å². The van der Waals surface area contributed by atoms with E-state index in [9.17, 15) is 40.7 Å². The summed E-state index contributed by atoms with van der Waals surface area (Å²) >= 11 is 6.85. The van der Waals surface area contributed by atoms with Gasteiger partial charge in [-0.2, -0.15) is 26.3 Å². The topological polar surface area (TPSA) is 137 Å². The van der Waals surface area contributed by atoms with Crippen molar-refractivity contribution in [3.8, 4) is 0 Å². The van der Waals surface area contributed by atoms with Gasteiger partial charge in [-0.3, -0.25) is 24.4 Å². The first-order valence-electron chi connectivity index (χ1n) is 21.4. The highest BCUT2D eigenvalue weighted by Crippen LogP contribution is 2.46. The number of amides is 1. The van der Waals surface area contributed by atoms with Crippen LogP contribution in [-0.2, 0) is 26.7 Å². The van der Waals surface area contributed by atoms with Gasteiger partial charge in [-0.05, 0) is 112 Å². The summed E-state index contributed by atoms with van der Waals surface area (Å²) in [6, 6.07) is 19.3. The summed E-state index contributed by atoms with van der Waals surface area (Å²) < 4.78 is 86.2. The van der Waals surface area contributed by atoms with Crippen LogP contribution in [0.5, 0.6) is 0 Å². The van der Waals surface area contributed by atoms with E-state index in [0.29, 0.717) is 96.4 Å². The largest absolute Gasteiger partial charge is 0.418 e. The second-order valence-corrected chi connectivity index (χ2v) is 18.7. The van der Waals surface area contributed by atoms with Crippen LogP contribution in [-0.4, -0.2) is 60.2 Å². The fourth-order valence-electron chi connectivity index (χ4n) is 9.00. The number of hydrogen-bond acceptors (Lipinski definition) is 10. The normalized spacial score (nSPS) is 16.1. The van der Waals surface area contributed by atoms with E-state index in [2.05, 4.69) is 52.5 Å². The van der Waals surface area contributed by atoms with Crippen molar-refractivity contribution in [1.82, 2.24) is 9.97 Å². The monoisotopic (exact) mass is 1050 g/mol. The van der Waals surface area contributed by atoms with E-state index in [1.807, 2.05) is 30.3 Å². The average Bonchev–Trinajstić information content (AvgIpc) is 3.29. The molecule has 1 amide bonds. The summed E-state index contributed by atoms with van der Waals surface area (Å²) in [6.07, 6.45) is -3.94. The van der Waals surface area contributed by atoms with Gasteiger partial charge in [-0.1, -0.05) is 31.9 Å². The number of halogens is 8. The molecule has 0 radical (unpaired) electrons. The van der Waals surface area contributed by atoms with Crippen LogP contribution in [0.4, 0.5) is 71.8 Å². The van der Waals surface area contributed by atoms with Gasteiger partial charge in [-0.15, -0.1) is 0 Å². The van der Waals surface area contributed by atoms with Crippen LogP contribution < -0.4 is 31.1 Å². The molecule has 19 heteroatoms. The number of ketones is 2. The molecule has 2 fully saturated rings. The minimum Gasteiger partial charge on any atom is -0.396 e. The number of alkyl halides is 6. The minimum absolute atomic E-state index is 0.0754. The fraction of sp³-hybridized carbons (Fsp3) is 0.312. The van der Waals surface area contributed by atoms with Crippen molar-refractivity contribution in [1.29, 1.82) is 0 Å². The minimum atomic E-state index is -4.59. The summed E-state index contributed by atoms with van der Waals surface area (Å²) in [5.41, 5.74) is 8.57. The third-order valence-corrected chi connectivity index (χ3v) is 13.5. The fourth-order valence-corrected chi connectivity index (χ4v) is 9.72. The summed E-state index contributed by atoms with van der Waals surface area (Å²) in [4.78, 5) is 49.4. The molecule has 2 saturated heterocycles. The number of anilines is 8. The molecular weight excluding hydrogens is 1010 g/mol. The Kier molecular flexibility index (Phi) is 13.5. The lowest BCUT2D eigenvalue weighted by atomic mass is 9.92. The number of pyridine rings is 2. The molecule has 0 bridgehead atoms. The predicted octanol–water partition coefficient (Wildman–Crippen LogP) is 12.1. The third kappa shape index (κ3) is 10.3. The number of hydrogen-bond donors (Lipinski definition) is 3. The Morgan fingerprint density at radius 2 is 1.21 bits per heavy atom. The molecule has 4 N–H and O–H groups in total. The van der Waals surface area contributed by atoms with E-state index >= 15 is 0 Å². The molecule has 3 aliphatic rings. The molecule has 0 aliphatic carbocycles. The van der Waals surface area contributed by atoms with Crippen molar-refractivity contribution < 1.29 is 40.7 Å².